The molecule has 3 aliphatic rings. The van der Waals surface area contributed by atoms with Crippen LogP contribution in [0.3, 0.4) is 0 Å². The Kier molecular flexibility index (Phi) is 6.79. The highest BCUT2D eigenvalue weighted by Gasteiger charge is 2.50. The Labute approximate surface area is 194 Å². The minimum Gasteiger partial charge on any atom is -0.497 e. The normalized spacial score (nSPS) is 32.0. The number of methoxy groups -OCH3 is 2. The SMILES string of the molecule is COCOc1cc(OC)cc2c1C(=O)O[C@@H](C)C/C=C\C(=O)[C@H]1OC(C)(C)O[C@H]1CC1CC21. The van der Waals surface area contributed by atoms with Gasteiger partial charge in [-0.15, -0.1) is 0 Å². The topological polar surface area (TPSA) is 89.5 Å². The van der Waals surface area contributed by atoms with Crippen LogP contribution in [0.15, 0.2) is 24.3 Å². The van der Waals surface area contributed by atoms with E-state index in [0.29, 0.717) is 29.9 Å². The zero-order chi connectivity index (χ0) is 23.8. The lowest BCUT2D eigenvalue weighted by Gasteiger charge is -2.20. The van der Waals surface area contributed by atoms with E-state index in [4.69, 9.17) is 28.4 Å². The Hall–Kier alpha value is -2.42. The first-order valence-corrected chi connectivity index (χ1v) is 11.3. The van der Waals surface area contributed by atoms with Crippen LogP contribution in [0.2, 0.25) is 0 Å². The summed E-state index contributed by atoms with van der Waals surface area (Å²) in [7, 11) is 3.09. The van der Waals surface area contributed by atoms with Gasteiger partial charge in [-0.2, -0.15) is 0 Å². The van der Waals surface area contributed by atoms with Gasteiger partial charge < -0.3 is 28.4 Å². The summed E-state index contributed by atoms with van der Waals surface area (Å²) >= 11 is 0. The van der Waals surface area contributed by atoms with Gasteiger partial charge in [-0.3, -0.25) is 4.79 Å². The van der Waals surface area contributed by atoms with Gasteiger partial charge >= 0.3 is 5.97 Å². The average molecular weight is 461 g/mol. The van der Waals surface area contributed by atoms with E-state index < -0.39 is 24.0 Å². The Bertz CT molecular complexity index is 937. The molecule has 1 aromatic rings. The molecule has 8 nitrogen and oxygen atoms in total. The van der Waals surface area contributed by atoms with Crippen molar-refractivity contribution < 1.29 is 38.0 Å². The third-order valence-electron chi connectivity index (χ3n) is 6.26. The molecule has 1 saturated heterocycles. The zero-order valence-corrected chi connectivity index (χ0v) is 19.8. The molecule has 1 saturated carbocycles. The first kappa shape index (κ1) is 23.7. The van der Waals surface area contributed by atoms with Crippen molar-refractivity contribution in [3.05, 3.63) is 35.4 Å². The number of rotatable bonds is 4. The lowest BCUT2D eigenvalue weighted by atomic mass is 9.96. The molecule has 1 aliphatic carbocycles. The summed E-state index contributed by atoms with van der Waals surface area (Å²) < 4.78 is 34.0. The van der Waals surface area contributed by atoms with E-state index in [2.05, 4.69) is 0 Å². The maximum atomic E-state index is 13.2. The molecule has 33 heavy (non-hydrogen) atoms. The predicted molar refractivity (Wildman–Crippen MR) is 118 cm³/mol. The number of ketones is 1. The molecule has 180 valence electrons. The van der Waals surface area contributed by atoms with E-state index in [1.54, 1.807) is 26.2 Å². The van der Waals surface area contributed by atoms with Crippen LogP contribution in [-0.2, 0) is 23.7 Å². The molecule has 2 aliphatic heterocycles. The van der Waals surface area contributed by atoms with Gasteiger partial charge in [0.25, 0.3) is 0 Å². The molecule has 5 atom stereocenters. The van der Waals surface area contributed by atoms with E-state index in [-0.39, 0.29) is 30.5 Å². The number of carbonyl (C=O) groups is 2. The summed E-state index contributed by atoms with van der Waals surface area (Å²) in [5.41, 5.74) is 1.21. The predicted octanol–water partition coefficient (Wildman–Crippen LogP) is 3.77. The number of fused-ring (bicyclic) bond motifs is 4. The molecular formula is C25H32O8. The maximum Gasteiger partial charge on any atom is 0.342 e. The van der Waals surface area contributed by atoms with Gasteiger partial charge in [-0.25, -0.2) is 4.79 Å². The van der Waals surface area contributed by atoms with E-state index in [0.717, 1.165) is 12.0 Å². The quantitative estimate of drug-likeness (QED) is 0.496. The van der Waals surface area contributed by atoms with Crippen LogP contribution in [0.5, 0.6) is 11.5 Å². The van der Waals surface area contributed by atoms with Crippen molar-refractivity contribution in [1.29, 1.82) is 0 Å². The fraction of sp³-hybridized carbons (Fsp3) is 0.600. The van der Waals surface area contributed by atoms with Crippen LogP contribution >= 0.6 is 0 Å². The van der Waals surface area contributed by atoms with Gasteiger partial charge in [0.15, 0.2) is 18.4 Å². The monoisotopic (exact) mass is 460 g/mol. The van der Waals surface area contributed by atoms with Crippen molar-refractivity contribution in [1.82, 2.24) is 0 Å². The molecule has 0 N–H and O–H groups in total. The second-order valence-corrected chi connectivity index (χ2v) is 9.33. The number of hydrogen-bond donors (Lipinski definition) is 0. The summed E-state index contributed by atoms with van der Waals surface area (Å²) in [5, 5.41) is 0. The lowest BCUT2D eigenvalue weighted by molar-refractivity contribution is -0.153. The molecule has 2 fully saturated rings. The number of hydrogen-bond acceptors (Lipinski definition) is 8. The van der Waals surface area contributed by atoms with Crippen molar-refractivity contribution >= 4 is 11.8 Å². The van der Waals surface area contributed by atoms with Gasteiger partial charge in [-0.05, 0) is 63.2 Å². The summed E-state index contributed by atoms with van der Waals surface area (Å²) in [6.45, 7) is 5.43. The van der Waals surface area contributed by atoms with E-state index in [1.807, 2.05) is 19.9 Å². The molecule has 0 aromatic heterocycles. The molecule has 2 heterocycles. The third kappa shape index (κ3) is 5.23. The minimum absolute atomic E-state index is 0.00853. The fourth-order valence-corrected chi connectivity index (χ4v) is 4.67. The Balaban J connectivity index is 1.72. The molecule has 0 amide bonds. The molecule has 8 heteroatoms. The van der Waals surface area contributed by atoms with Crippen molar-refractivity contribution in [2.45, 2.75) is 70.1 Å². The second kappa shape index (κ2) is 9.44. The standard InChI is InChI=1S/C25H32O8/c1-14-7-6-8-19(26)23-21(32-25(2,3)33-23)10-15-9-17(15)18-11-16(29-5)12-20(30-13-28-4)22(18)24(27)31-14/h6,8,11-12,14-15,17,21,23H,7,9-10,13H2,1-5H3/b8-6-/t14-,15?,17?,21-,23+/m0/s1. The van der Waals surface area contributed by atoms with E-state index >= 15 is 0 Å². The number of ether oxygens (including phenoxy) is 6. The summed E-state index contributed by atoms with van der Waals surface area (Å²) in [6, 6.07) is 3.55. The largest absolute Gasteiger partial charge is 0.497 e. The molecule has 4 rings (SSSR count). The highest BCUT2D eigenvalue weighted by atomic mass is 16.8. The van der Waals surface area contributed by atoms with Crippen LogP contribution in [-0.4, -0.2) is 56.9 Å². The summed E-state index contributed by atoms with van der Waals surface area (Å²) in [5.74, 6) is -0.156. The minimum atomic E-state index is -0.828. The van der Waals surface area contributed by atoms with Crippen LogP contribution < -0.4 is 9.47 Å². The van der Waals surface area contributed by atoms with Crippen molar-refractivity contribution in [2.24, 2.45) is 5.92 Å². The Morgan fingerprint density at radius 1 is 1.12 bits per heavy atom. The lowest BCUT2D eigenvalue weighted by Crippen LogP contribution is -2.31. The summed E-state index contributed by atoms with van der Waals surface area (Å²) in [4.78, 5) is 26.1. The second-order valence-electron chi connectivity index (χ2n) is 9.33. The number of cyclic esters (lactones) is 1. The van der Waals surface area contributed by atoms with E-state index in [1.165, 1.54) is 13.2 Å². The average Bonchev–Trinajstić information content (AvgIpc) is 3.45. The Morgan fingerprint density at radius 3 is 2.64 bits per heavy atom. The van der Waals surface area contributed by atoms with E-state index in [9.17, 15) is 9.59 Å². The third-order valence-corrected chi connectivity index (χ3v) is 6.26. The molecule has 2 unspecified atom stereocenters. The van der Waals surface area contributed by atoms with Crippen molar-refractivity contribution in [3.8, 4) is 11.5 Å². The van der Waals surface area contributed by atoms with Gasteiger partial charge in [0.05, 0.1) is 13.2 Å². The van der Waals surface area contributed by atoms with Crippen molar-refractivity contribution in [2.75, 3.05) is 21.0 Å². The first-order valence-electron chi connectivity index (χ1n) is 11.3. The molecule has 0 spiro atoms. The highest BCUT2D eigenvalue weighted by Crippen LogP contribution is 2.54. The molecule has 0 radical (unpaired) electrons. The fourth-order valence-electron chi connectivity index (χ4n) is 4.67. The van der Waals surface area contributed by atoms with Crippen molar-refractivity contribution in [3.63, 3.8) is 0 Å². The van der Waals surface area contributed by atoms with Gasteiger partial charge in [0, 0.05) is 19.6 Å². The number of benzene rings is 1. The van der Waals surface area contributed by atoms with Crippen LogP contribution in [0.4, 0.5) is 0 Å². The van der Waals surface area contributed by atoms with Gasteiger partial charge in [0.2, 0.25) is 0 Å². The van der Waals surface area contributed by atoms with Gasteiger partial charge in [-0.1, -0.05) is 6.08 Å². The molecule has 0 bridgehead atoms. The molecular weight excluding hydrogens is 428 g/mol. The smallest absolute Gasteiger partial charge is 0.342 e. The number of carbonyl (C=O) groups excluding carboxylic acids is 2. The first-order chi connectivity index (χ1) is 15.7. The van der Waals surface area contributed by atoms with Crippen LogP contribution in [0.25, 0.3) is 0 Å². The highest BCUT2D eigenvalue weighted by molar-refractivity contribution is 5.95. The van der Waals surface area contributed by atoms with Crippen LogP contribution in [0.1, 0.15) is 61.9 Å². The number of esters is 1. The maximum absolute atomic E-state index is 13.2. The van der Waals surface area contributed by atoms with Gasteiger partial charge in [0.1, 0.15) is 29.3 Å². The molecule has 1 aromatic carbocycles. The zero-order valence-electron chi connectivity index (χ0n) is 19.8. The Morgan fingerprint density at radius 2 is 1.91 bits per heavy atom. The van der Waals surface area contributed by atoms with Crippen LogP contribution in [0, 0.1) is 5.92 Å². The summed E-state index contributed by atoms with van der Waals surface area (Å²) in [6.07, 6.45) is 3.69.